The Labute approximate surface area is 161 Å². The second-order valence-corrected chi connectivity index (χ2v) is 6.29. The molecule has 0 bridgehead atoms. The minimum Gasteiger partial charge on any atom is -0.314 e. The molecule has 8 nitrogen and oxygen atoms in total. The molecule has 0 saturated heterocycles. The number of para-hydroxylation sites is 1. The average Bonchev–Trinajstić information content (AvgIpc) is 3.30. The van der Waals surface area contributed by atoms with Crippen molar-refractivity contribution in [1.29, 1.82) is 0 Å². The standard InChI is InChI=1S/C20H18N6O2/c27-18(9-8-14-5-4-10-21-11-14)23-19-16-12-26(13-17(16)24-25-19)20(28)22-15-6-2-1-3-7-15/h1-11H,12-13H2,(H,22,28)(H2,23,24,25,27)/b9-8+. The Morgan fingerprint density at radius 2 is 1.93 bits per heavy atom. The van der Waals surface area contributed by atoms with Crippen LogP contribution in [0.3, 0.4) is 0 Å². The second-order valence-electron chi connectivity index (χ2n) is 6.29. The first-order valence-electron chi connectivity index (χ1n) is 8.75. The molecule has 0 saturated carbocycles. The van der Waals surface area contributed by atoms with Crippen molar-refractivity contribution in [3.8, 4) is 0 Å². The maximum absolute atomic E-state index is 12.5. The van der Waals surface area contributed by atoms with E-state index in [9.17, 15) is 9.59 Å². The molecule has 0 aliphatic carbocycles. The quantitative estimate of drug-likeness (QED) is 0.611. The highest BCUT2D eigenvalue weighted by atomic mass is 16.2. The van der Waals surface area contributed by atoms with Crippen LogP contribution < -0.4 is 10.6 Å². The molecule has 0 spiro atoms. The number of carbonyl (C=O) groups excluding carboxylic acids is 2. The predicted molar refractivity (Wildman–Crippen MR) is 105 cm³/mol. The average molecular weight is 374 g/mol. The van der Waals surface area contributed by atoms with Gasteiger partial charge < -0.3 is 15.5 Å². The summed E-state index contributed by atoms with van der Waals surface area (Å²) in [7, 11) is 0. The number of nitrogens with one attached hydrogen (secondary N) is 3. The van der Waals surface area contributed by atoms with Crippen molar-refractivity contribution in [2.24, 2.45) is 0 Å². The van der Waals surface area contributed by atoms with Gasteiger partial charge in [0.25, 0.3) is 0 Å². The van der Waals surface area contributed by atoms with Gasteiger partial charge >= 0.3 is 6.03 Å². The van der Waals surface area contributed by atoms with E-state index in [-0.39, 0.29) is 11.9 Å². The Morgan fingerprint density at radius 3 is 2.71 bits per heavy atom. The van der Waals surface area contributed by atoms with Crippen molar-refractivity contribution in [3.05, 3.63) is 77.8 Å². The monoisotopic (exact) mass is 374 g/mol. The number of hydrogen-bond donors (Lipinski definition) is 3. The van der Waals surface area contributed by atoms with E-state index < -0.39 is 0 Å². The van der Waals surface area contributed by atoms with Gasteiger partial charge in [-0.2, -0.15) is 5.10 Å². The minimum absolute atomic E-state index is 0.204. The number of carbonyl (C=O) groups is 2. The van der Waals surface area contributed by atoms with Gasteiger partial charge in [-0.25, -0.2) is 4.79 Å². The van der Waals surface area contributed by atoms with E-state index in [1.807, 2.05) is 36.4 Å². The van der Waals surface area contributed by atoms with Gasteiger partial charge in [-0.3, -0.25) is 14.9 Å². The fraction of sp³-hybridized carbons (Fsp3) is 0.100. The van der Waals surface area contributed by atoms with Crippen molar-refractivity contribution in [3.63, 3.8) is 0 Å². The summed E-state index contributed by atoms with van der Waals surface area (Å²) in [5.74, 6) is 0.135. The number of fused-ring (bicyclic) bond motifs is 1. The summed E-state index contributed by atoms with van der Waals surface area (Å²) < 4.78 is 0. The van der Waals surface area contributed by atoms with Crippen molar-refractivity contribution in [2.45, 2.75) is 13.1 Å². The van der Waals surface area contributed by atoms with Crippen LogP contribution in [0.4, 0.5) is 16.3 Å². The highest BCUT2D eigenvalue weighted by molar-refractivity contribution is 6.02. The van der Waals surface area contributed by atoms with Crippen molar-refractivity contribution in [2.75, 3.05) is 10.6 Å². The molecular formula is C20H18N6O2. The highest BCUT2D eigenvalue weighted by Gasteiger charge is 2.28. The molecule has 140 valence electrons. The third kappa shape index (κ3) is 3.90. The van der Waals surface area contributed by atoms with Gasteiger partial charge in [0.05, 0.1) is 18.8 Å². The molecule has 28 heavy (non-hydrogen) atoms. The van der Waals surface area contributed by atoms with Crippen LogP contribution >= 0.6 is 0 Å². The first kappa shape index (κ1) is 17.5. The summed E-state index contributed by atoms with van der Waals surface area (Å²) in [6.07, 6.45) is 6.44. The van der Waals surface area contributed by atoms with Gasteiger partial charge in [0.15, 0.2) is 5.82 Å². The summed E-state index contributed by atoms with van der Waals surface area (Å²) in [6, 6.07) is 12.7. The Hall–Kier alpha value is -3.94. The number of urea groups is 1. The van der Waals surface area contributed by atoms with E-state index in [1.54, 1.807) is 29.4 Å². The normalized spacial score (nSPS) is 12.8. The lowest BCUT2D eigenvalue weighted by Crippen LogP contribution is -2.30. The van der Waals surface area contributed by atoms with Crippen LogP contribution in [0.1, 0.15) is 16.8 Å². The lowest BCUT2D eigenvalue weighted by Gasteiger charge is -2.16. The number of aromatic amines is 1. The largest absolute Gasteiger partial charge is 0.322 e. The number of nitrogens with zero attached hydrogens (tertiary/aromatic N) is 3. The number of hydrogen-bond acceptors (Lipinski definition) is 4. The maximum Gasteiger partial charge on any atom is 0.322 e. The van der Waals surface area contributed by atoms with E-state index in [1.165, 1.54) is 6.08 Å². The van der Waals surface area contributed by atoms with Gasteiger partial charge in [-0.05, 0) is 29.8 Å². The third-order valence-corrected chi connectivity index (χ3v) is 4.32. The van der Waals surface area contributed by atoms with Crippen LogP contribution in [0.15, 0.2) is 60.9 Å². The minimum atomic E-state index is -0.301. The number of rotatable bonds is 4. The van der Waals surface area contributed by atoms with Gasteiger partial charge in [0, 0.05) is 29.7 Å². The van der Waals surface area contributed by atoms with Crippen molar-refractivity contribution < 1.29 is 9.59 Å². The predicted octanol–water partition coefficient (Wildman–Crippen LogP) is 3.00. The Morgan fingerprint density at radius 1 is 1.07 bits per heavy atom. The molecular weight excluding hydrogens is 356 g/mol. The Kier molecular flexibility index (Phi) is 4.83. The summed E-state index contributed by atoms with van der Waals surface area (Å²) >= 11 is 0. The number of benzene rings is 1. The zero-order valence-corrected chi connectivity index (χ0v) is 14.9. The van der Waals surface area contributed by atoms with Gasteiger partial charge in [0.1, 0.15) is 0 Å². The van der Waals surface area contributed by atoms with Crippen LogP contribution in [0.25, 0.3) is 6.08 Å². The van der Waals surface area contributed by atoms with E-state index in [0.717, 1.165) is 22.5 Å². The van der Waals surface area contributed by atoms with Crippen LogP contribution in [0.2, 0.25) is 0 Å². The van der Waals surface area contributed by atoms with Gasteiger partial charge in [0.2, 0.25) is 5.91 Å². The number of H-pyrrole nitrogens is 1. The molecule has 3 amide bonds. The number of anilines is 2. The lowest BCUT2D eigenvalue weighted by molar-refractivity contribution is -0.111. The number of amides is 3. The van der Waals surface area contributed by atoms with E-state index in [2.05, 4.69) is 25.8 Å². The van der Waals surface area contributed by atoms with Crippen molar-refractivity contribution in [1.82, 2.24) is 20.1 Å². The molecule has 1 aliphatic rings. The maximum atomic E-state index is 12.5. The summed E-state index contributed by atoms with van der Waals surface area (Å²) in [5, 5.41) is 12.7. The molecule has 0 fully saturated rings. The molecule has 4 rings (SSSR count). The summed E-state index contributed by atoms with van der Waals surface area (Å²) in [6.45, 7) is 0.773. The molecule has 3 heterocycles. The van der Waals surface area contributed by atoms with Gasteiger partial charge in [-0.1, -0.05) is 24.3 Å². The molecule has 8 heteroatoms. The molecule has 2 aromatic heterocycles. The molecule has 0 unspecified atom stereocenters. The van der Waals surface area contributed by atoms with Crippen LogP contribution in [0, 0.1) is 0 Å². The van der Waals surface area contributed by atoms with Crippen LogP contribution in [0.5, 0.6) is 0 Å². The van der Waals surface area contributed by atoms with Crippen molar-refractivity contribution >= 4 is 29.5 Å². The molecule has 0 radical (unpaired) electrons. The van der Waals surface area contributed by atoms with E-state index >= 15 is 0 Å². The van der Waals surface area contributed by atoms with Crippen LogP contribution in [-0.4, -0.2) is 32.0 Å². The van der Waals surface area contributed by atoms with Gasteiger partial charge in [-0.15, -0.1) is 0 Å². The summed E-state index contributed by atoms with van der Waals surface area (Å²) in [5.41, 5.74) is 3.19. The number of aromatic nitrogens is 3. The molecule has 3 N–H and O–H groups in total. The molecule has 1 aromatic carbocycles. The second kappa shape index (κ2) is 7.75. The van der Waals surface area contributed by atoms with E-state index in [0.29, 0.717) is 18.9 Å². The Bertz CT molecular complexity index is 1010. The molecule has 1 aliphatic heterocycles. The SMILES string of the molecule is O=C(/C=C/c1cccnc1)Nc1n[nH]c2c1CN(C(=O)Nc1ccccc1)C2. The smallest absolute Gasteiger partial charge is 0.314 e. The fourth-order valence-corrected chi connectivity index (χ4v) is 2.92. The zero-order valence-electron chi connectivity index (χ0n) is 14.9. The molecule has 3 aromatic rings. The topological polar surface area (TPSA) is 103 Å². The zero-order chi connectivity index (χ0) is 19.3. The fourth-order valence-electron chi connectivity index (χ4n) is 2.92. The number of pyridine rings is 1. The first-order chi connectivity index (χ1) is 13.7. The first-order valence-corrected chi connectivity index (χ1v) is 8.75. The Balaban J connectivity index is 1.38. The van der Waals surface area contributed by atoms with E-state index in [4.69, 9.17) is 0 Å². The third-order valence-electron chi connectivity index (χ3n) is 4.32. The lowest BCUT2D eigenvalue weighted by atomic mass is 10.2. The summed E-state index contributed by atoms with van der Waals surface area (Å²) in [4.78, 5) is 30.3. The highest BCUT2D eigenvalue weighted by Crippen LogP contribution is 2.27. The molecule has 0 atom stereocenters. The van der Waals surface area contributed by atoms with Crippen LogP contribution in [-0.2, 0) is 17.9 Å².